The molecule has 1 aromatic heterocycles. The second kappa shape index (κ2) is 7.59. The zero-order chi connectivity index (χ0) is 16.9. The van der Waals surface area contributed by atoms with Gasteiger partial charge in [0.15, 0.2) is 0 Å². The number of piperidine rings is 1. The predicted octanol–water partition coefficient (Wildman–Crippen LogP) is 1.29. The highest BCUT2D eigenvalue weighted by atomic mass is 16.3. The SMILES string of the molecule is CN(CC(=O)N1CCC(O)CC1)Cc1cnn(-c2ccccc2)c1. The number of aliphatic hydroxyl groups excluding tert-OH is 1. The maximum atomic E-state index is 12.3. The molecule has 0 spiro atoms. The molecule has 128 valence electrons. The van der Waals surface area contributed by atoms with E-state index in [2.05, 4.69) is 5.10 Å². The third-order valence-corrected chi connectivity index (χ3v) is 4.33. The van der Waals surface area contributed by atoms with E-state index in [-0.39, 0.29) is 12.0 Å². The average molecular weight is 328 g/mol. The molecule has 1 aliphatic heterocycles. The molecule has 24 heavy (non-hydrogen) atoms. The number of likely N-dealkylation sites (N-methyl/N-ethyl adjacent to an activating group) is 1. The highest BCUT2D eigenvalue weighted by molar-refractivity contribution is 5.78. The number of aromatic nitrogens is 2. The van der Waals surface area contributed by atoms with Crippen LogP contribution in [0.4, 0.5) is 0 Å². The van der Waals surface area contributed by atoms with Crippen molar-refractivity contribution in [3.8, 4) is 5.69 Å². The van der Waals surface area contributed by atoms with Crippen molar-refractivity contribution in [3.05, 3.63) is 48.3 Å². The zero-order valence-electron chi connectivity index (χ0n) is 14.0. The van der Waals surface area contributed by atoms with Crippen LogP contribution in [0.5, 0.6) is 0 Å². The molecule has 0 bridgehead atoms. The molecule has 0 unspecified atom stereocenters. The van der Waals surface area contributed by atoms with Crippen molar-refractivity contribution in [1.29, 1.82) is 0 Å². The quantitative estimate of drug-likeness (QED) is 0.898. The smallest absolute Gasteiger partial charge is 0.236 e. The molecule has 0 radical (unpaired) electrons. The van der Waals surface area contributed by atoms with Crippen molar-refractivity contribution in [2.24, 2.45) is 0 Å². The van der Waals surface area contributed by atoms with Crippen LogP contribution in [0, 0.1) is 0 Å². The number of amides is 1. The van der Waals surface area contributed by atoms with Gasteiger partial charge in [-0.25, -0.2) is 4.68 Å². The van der Waals surface area contributed by atoms with E-state index in [0.29, 0.717) is 39.0 Å². The second-order valence-electron chi connectivity index (χ2n) is 6.41. The minimum Gasteiger partial charge on any atom is -0.393 e. The Morgan fingerprint density at radius 1 is 1.29 bits per heavy atom. The predicted molar refractivity (Wildman–Crippen MR) is 91.7 cm³/mol. The topological polar surface area (TPSA) is 61.6 Å². The minimum atomic E-state index is -0.254. The molecule has 1 N–H and O–H groups in total. The van der Waals surface area contributed by atoms with E-state index in [0.717, 1.165) is 11.3 Å². The summed E-state index contributed by atoms with van der Waals surface area (Å²) in [7, 11) is 1.94. The molecule has 2 heterocycles. The Kier molecular flexibility index (Phi) is 5.27. The van der Waals surface area contributed by atoms with Crippen molar-refractivity contribution >= 4 is 5.91 Å². The summed E-state index contributed by atoms with van der Waals surface area (Å²) < 4.78 is 1.84. The molecule has 6 nitrogen and oxygen atoms in total. The van der Waals surface area contributed by atoms with Crippen LogP contribution in [-0.2, 0) is 11.3 Å². The first-order valence-electron chi connectivity index (χ1n) is 8.35. The summed E-state index contributed by atoms with van der Waals surface area (Å²) in [5.41, 5.74) is 2.09. The van der Waals surface area contributed by atoms with Gasteiger partial charge in [0.2, 0.25) is 5.91 Å². The average Bonchev–Trinajstić information content (AvgIpc) is 3.04. The molecular formula is C18H24N4O2. The van der Waals surface area contributed by atoms with Gasteiger partial charge in [-0.3, -0.25) is 9.69 Å². The summed E-state index contributed by atoms with van der Waals surface area (Å²) in [4.78, 5) is 16.2. The maximum Gasteiger partial charge on any atom is 0.236 e. The number of hydrogen-bond donors (Lipinski definition) is 1. The van der Waals surface area contributed by atoms with Gasteiger partial charge in [0, 0.05) is 31.4 Å². The summed E-state index contributed by atoms with van der Waals surface area (Å²) >= 11 is 0. The van der Waals surface area contributed by atoms with E-state index >= 15 is 0 Å². The Morgan fingerprint density at radius 2 is 2.00 bits per heavy atom. The molecule has 3 rings (SSSR count). The molecule has 1 amide bonds. The largest absolute Gasteiger partial charge is 0.393 e. The molecule has 1 fully saturated rings. The van der Waals surface area contributed by atoms with Crippen LogP contribution in [0.15, 0.2) is 42.7 Å². The van der Waals surface area contributed by atoms with Crippen molar-refractivity contribution in [2.45, 2.75) is 25.5 Å². The number of hydrogen-bond acceptors (Lipinski definition) is 4. The Bertz CT molecular complexity index is 663. The van der Waals surface area contributed by atoms with Crippen molar-refractivity contribution in [3.63, 3.8) is 0 Å². The molecule has 1 aromatic carbocycles. The van der Waals surface area contributed by atoms with Gasteiger partial charge in [0.05, 0.1) is 24.5 Å². The van der Waals surface area contributed by atoms with Gasteiger partial charge in [0.1, 0.15) is 0 Å². The number of carbonyl (C=O) groups is 1. The minimum absolute atomic E-state index is 0.125. The third-order valence-electron chi connectivity index (χ3n) is 4.33. The highest BCUT2D eigenvalue weighted by Crippen LogP contribution is 2.12. The summed E-state index contributed by atoms with van der Waals surface area (Å²) in [6.07, 6.45) is 4.94. The van der Waals surface area contributed by atoms with Crippen LogP contribution in [0.1, 0.15) is 18.4 Å². The molecule has 0 atom stereocenters. The fourth-order valence-electron chi connectivity index (χ4n) is 2.98. The first kappa shape index (κ1) is 16.7. The van der Waals surface area contributed by atoms with E-state index < -0.39 is 0 Å². The number of carbonyl (C=O) groups excluding carboxylic acids is 1. The van der Waals surface area contributed by atoms with Gasteiger partial charge >= 0.3 is 0 Å². The maximum absolute atomic E-state index is 12.3. The van der Waals surface area contributed by atoms with E-state index in [1.54, 1.807) is 0 Å². The lowest BCUT2D eigenvalue weighted by Crippen LogP contribution is -2.44. The highest BCUT2D eigenvalue weighted by Gasteiger charge is 2.22. The monoisotopic (exact) mass is 328 g/mol. The van der Waals surface area contributed by atoms with E-state index in [1.807, 2.05) is 64.3 Å². The Labute approximate surface area is 142 Å². The van der Waals surface area contributed by atoms with Gasteiger partial charge < -0.3 is 10.0 Å². The molecule has 0 aliphatic carbocycles. The van der Waals surface area contributed by atoms with Gasteiger partial charge in [0.25, 0.3) is 0 Å². The third kappa shape index (κ3) is 4.21. The lowest BCUT2D eigenvalue weighted by Gasteiger charge is -2.31. The fraction of sp³-hybridized carbons (Fsp3) is 0.444. The van der Waals surface area contributed by atoms with Crippen LogP contribution < -0.4 is 0 Å². The van der Waals surface area contributed by atoms with Gasteiger partial charge in [-0.1, -0.05) is 18.2 Å². The number of likely N-dealkylation sites (tertiary alicyclic amines) is 1. The van der Waals surface area contributed by atoms with Crippen LogP contribution in [0.25, 0.3) is 5.69 Å². The number of benzene rings is 1. The van der Waals surface area contributed by atoms with Crippen LogP contribution >= 0.6 is 0 Å². The Morgan fingerprint density at radius 3 is 2.71 bits per heavy atom. The van der Waals surface area contributed by atoms with Crippen LogP contribution in [-0.4, -0.2) is 63.4 Å². The summed E-state index contributed by atoms with van der Waals surface area (Å²) in [6.45, 7) is 2.36. The van der Waals surface area contributed by atoms with Gasteiger partial charge in [-0.2, -0.15) is 5.10 Å². The Hall–Kier alpha value is -2.18. The molecule has 6 heteroatoms. The van der Waals surface area contributed by atoms with Crippen molar-refractivity contribution in [1.82, 2.24) is 19.6 Å². The van der Waals surface area contributed by atoms with E-state index in [4.69, 9.17) is 0 Å². The van der Waals surface area contributed by atoms with Gasteiger partial charge in [-0.15, -0.1) is 0 Å². The normalized spacial score (nSPS) is 15.9. The molecule has 1 saturated heterocycles. The fourth-order valence-corrected chi connectivity index (χ4v) is 2.98. The van der Waals surface area contributed by atoms with Gasteiger partial charge in [-0.05, 0) is 32.0 Å². The summed E-state index contributed by atoms with van der Waals surface area (Å²) in [6, 6.07) is 9.96. The number of nitrogens with zero attached hydrogens (tertiary/aromatic N) is 4. The van der Waals surface area contributed by atoms with Crippen molar-refractivity contribution < 1.29 is 9.90 Å². The molecule has 1 aliphatic rings. The lowest BCUT2D eigenvalue weighted by molar-refractivity contribution is -0.134. The van der Waals surface area contributed by atoms with Crippen LogP contribution in [0.2, 0.25) is 0 Å². The standard InChI is InChI=1S/C18H24N4O2/c1-20(14-18(24)21-9-7-17(23)8-10-21)12-15-11-19-22(13-15)16-5-3-2-4-6-16/h2-6,11,13,17,23H,7-10,12,14H2,1H3. The summed E-state index contributed by atoms with van der Waals surface area (Å²) in [5, 5.41) is 13.9. The van der Waals surface area contributed by atoms with Crippen LogP contribution in [0.3, 0.4) is 0 Å². The van der Waals surface area contributed by atoms with E-state index in [9.17, 15) is 9.90 Å². The number of aliphatic hydroxyl groups is 1. The molecule has 0 saturated carbocycles. The number of para-hydroxylation sites is 1. The van der Waals surface area contributed by atoms with E-state index in [1.165, 1.54) is 0 Å². The second-order valence-corrected chi connectivity index (χ2v) is 6.41. The summed E-state index contributed by atoms with van der Waals surface area (Å²) in [5.74, 6) is 0.125. The lowest BCUT2D eigenvalue weighted by atomic mass is 10.1. The Balaban J connectivity index is 1.53. The first-order valence-corrected chi connectivity index (χ1v) is 8.35. The first-order chi connectivity index (χ1) is 11.6. The molecular weight excluding hydrogens is 304 g/mol. The van der Waals surface area contributed by atoms with Crippen molar-refractivity contribution in [2.75, 3.05) is 26.7 Å². The number of rotatable bonds is 5. The zero-order valence-corrected chi connectivity index (χ0v) is 14.0. The molecule has 2 aromatic rings.